The van der Waals surface area contributed by atoms with Gasteiger partial charge in [-0.25, -0.2) is 8.42 Å². The Morgan fingerprint density at radius 1 is 1.25 bits per heavy atom. The van der Waals surface area contributed by atoms with E-state index < -0.39 is 19.9 Å². The summed E-state index contributed by atoms with van der Waals surface area (Å²) in [5.74, 6) is 0. The van der Waals surface area contributed by atoms with Gasteiger partial charge in [0.2, 0.25) is 0 Å². The van der Waals surface area contributed by atoms with Crippen molar-refractivity contribution in [1.29, 1.82) is 0 Å². The standard InChI is InChI=1S/C8H9NO5S.Na/c1-5-3-7(15(12,13)14)4-8(6(5)2)9(10)11;/h3-4H,1-2H3,(H,12,13,14);/q;+1/p-1. The van der Waals surface area contributed by atoms with Crippen LogP contribution in [0.25, 0.3) is 0 Å². The zero-order valence-corrected chi connectivity index (χ0v) is 11.9. The first-order valence-electron chi connectivity index (χ1n) is 3.95. The van der Waals surface area contributed by atoms with E-state index in [1.807, 2.05) is 0 Å². The molecule has 82 valence electrons. The number of hydrogen-bond donors (Lipinski definition) is 0. The van der Waals surface area contributed by atoms with Crippen LogP contribution in [0.3, 0.4) is 0 Å². The summed E-state index contributed by atoms with van der Waals surface area (Å²) in [5, 5.41) is 10.6. The second-order valence-electron chi connectivity index (χ2n) is 3.10. The molecule has 0 radical (unpaired) electrons. The van der Waals surface area contributed by atoms with E-state index in [-0.39, 0.29) is 35.2 Å². The van der Waals surface area contributed by atoms with Gasteiger partial charge >= 0.3 is 29.6 Å². The predicted octanol–water partition coefficient (Wildman–Crippen LogP) is -1.88. The zero-order chi connectivity index (χ0) is 11.8. The van der Waals surface area contributed by atoms with E-state index in [0.717, 1.165) is 12.1 Å². The summed E-state index contributed by atoms with van der Waals surface area (Å²) in [7, 11) is -4.65. The molecular formula is C8H8NNaO5S. The number of nitro benzene ring substituents is 1. The Morgan fingerprint density at radius 3 is 2.12 bits per heavy atom. The fourth-order valence-corrected chi connectivity index (χ4v) is 1.72. The molecule has 0 atom stereocenters. The maximum atomic E-state index is 10.7. The average molecular weight is 253 g/mol. The van der Waals surface area contributed by atoms with Gasteiger partial charge in [0.25, 0.3) is 5.69 Å². The van der Waals surface area contributed by atoms with Gasteiger partial charge in [-0.15, -0.1) is 0 Å². The van der Waals surface area contributed by atoms with Gasteiger partial charge in [0, 0.05) is 11.6 Å². The van der Waals surface area contributed by atoms with Gasteiger partial charge < -0.3 is 4.55 Å². The SMILES string of the molecule is Cc1cc(S(=O)(=O)[O-])cc([N+](=O)[O-])c1C.[Na+]. The van der Waals surface area contributed by atoms with Crippen molar-refractivity contribution in [1.82, 2.24) is 0 Å². The number of nitro groups is 1. The molecule has 0 N–H and O–H groups in total. The van der Waals surface area contributed by atoms with Crippen molar-refractivity contribution in [3.05, 3.63) is 33.4 Å². The Balaban J connectivity index is 0.00000225. The van der Waals surface area contributed by atoms with Crippen LogP contribution in [0, 0.1) is 24.0 Å². The van der Waals surface area contributed by atoms with E-state index in [4.69, 9.17) is 0 Å². The van der Waals surface area contributed by atoms with Crippen LogP contribution < -0.4 is 29.6 Å². The van der Waals surface area contributed by atoms with Crippen LogP contribution >= 0.6 is 0 Å². The Kier molecular flexibility index (Phi) is 5.09. The van der Waals surface area contributed by atoms with Crippen molar-refractivity contribution in [2.75, 3.05) is 0 Å². The Labute approximate surface area is 115 Å². The molecule has 0 aromatic heterocycles. The molecule has 0 aliphatic carbocycles. The maximum Gasteiger partial charge on any atom is 1.00 e. The first kappa shape index (κ1) is 15.5. The Hall–Kier alpha value is -0.470. The fraction of sp³-hybridized carbons (Fsp3) is 0.250. The van der Waals surface area contributed by atoms with Crippen LogP contribution in [0.5, 0.6) is 0 Å². The minimum atomic E-state index is -4.65. The number of benzene rings is 1. The molecule has 1 rings (SSSR count). The van der Waals surface area contributed by atoms with Crippen molar-refractivity contribution >= 4 is 15.8 Å². The van der Waals surface area contributed by atoms with Crippen molar-refractivity contribution in [2.24, 2.45) is 0 Å². The fourth-order valence-electron chi connectivity index (χ4n) is 1.14. The van der Waals surface area contributed by atoms with Crippen molar-refractivity contribution in [3.63, 3.8) is 0 Å². The van der Waals surface area contributed by atoms with E-state index in [9.17, 15) is 23.1 Å². The van der Waals surface area contributed by atoms with E-state index in [1.165, 1.54) is 13.8 Å². The second kappa shape index (κ2) is 5.24. The predicted molar refractivity (Wildman–Crippen MR) is 50.5 cm³/mol. The van der Waals surface area contributed by atoms with Crippen LogP contribution in [-0.2, 0) is 10.1 Å². The molecule has 1 aromatic carbocycles. The van der Waals surface area contributed by atoms with E-state index >= 15 is 0 Å². The van der Waals surface area contributed by atoms with Gasteiger partial charge in [-0.2, -0.15) is 0 Å². The quantitative estimate of drug-likeness (QED) is 0.266. The van der Waals surface area contributed by atoms with Gasteiger partial charge in [0.15, 0.2) is 0 Å². The van der Waals surface area contributed by atoms with Gasteiger partial charge in [0.1, 0.15) is 10.1 Å². The summed E-state index contributed by atoms with van der Waals surface area (Å²) in [4.78, 5) is 9.28. The topological polar surface area (TPSA) is 100 Å². The number of nitrogens with zero attached hydrogens (tertiary/aromatic N) is 1. The van der Waals surface area contributed by atoms with Gasteiger partial charge in [-0.1, -0.05) is 0 Å². The molecule has 0 heterocycles. The molecule has 0 aliphatic heterocycles. The third kappa shape index (κ3) is 3.26. The smallest absolute Gasteiger partial charge is 0.744 e. The normalized spacial score (nSPS) is 10.7. The average Bonchev–Trinajstić information content (AvgIpc) is 2.06. The van der Waals surface area contributed by atoms with Crippen LogP contribution in [0.4, 0.5) is 5.69 Å². The van der Waals surface area contributed by atoms with Crippen LogP contribution in [0.1, 0.15) is 11.1 Å². The van der Waals surface area contributed by atoms with Gasteiger partial charge in [0.05, 0.1) is 9.82 Å². The van der Waals surface area contributed by atoms with E-state index in [2.05, 4.69) is 0 Å². The number of rotatable bonds is 2. The maximum absolute atomic E-state index is 10.7. The number of aryl methyl sites for hydroxylation is 1. The zero-order valence-electron chi connectivity index (χ0n) is 9.05. The molecule has 0 aliphatic rings. The first-order valence-corrected chi connectivity index (χ1v) is 5.36. The molecule has 0 amide bonds. The number of hydrogen-bond acceptors (Lipinski definition) is 5. The summed E-state index contributed by atoms with van der Waals surface area (Å²) >= 11 is 0. The van der Waals surface area contributed by atoms with Gasteiger partial charge in [-0.05, 0) is 25.5 Å². The minimum absolute atomic E-state index is 0. The Bertz CT molecular complexity index is 525. The third-order valence-corrected chi connectivity index (χ3v) is 2.91. The summed E-state index contributed by atoms with van der Waals surface area (Å²) in [6.45, 7) is 3.01. The van der Waals surface area contributed by atoms with Gasteiger partial charge in [-0.3, -0.25) is 10.1 Å². The second-order valence-corrected chi connectivity index (χ2v) is 4.48. The first-order chi connectivity index (χ1) is 6.73. The van der Waals surface area contributed by atoms with Crippen LogP contribution in [0.2, 0.25) is 0 Å². The molecule has 0 saturated carbocycles. The molecule has 0 fully saturated rings. The summed E-state index contributed by atoms with van der Waals surface area (Å²) in [5.41, 5.74) is 0.399. The molecule has 16 heavy (non-hydrogen) atoms. The molecule has 0 saturated heterocycles. The van der Waals surface area contributed by atoms with E-state index in [1.54, 1.807) is 0 Å². The molecule has 8 heteroatoms. The monoisotopic (exact) mass is 253 g/mol. The molecule has 1 aromatic rings. The minimum Gasteiger partial charge on any atom is -0.744 e. The molecule has 0 spiro atoms. The third-order valence-electron chi connectivity index (χ3n) is 2.10. The largest absolute Gasteiger partial charge is 1.00 e. The summed E-state index contributed by atoms with van der Waals surface area (Å²) < 4.78 is 32.1. The van der Waals surface area contributed by atoms with Crippen molar-refractivity contribution in [3.8, 4) is 0 Å². The Morgan fingerprint density at radius 2 is 1.75 bits per heavy atom. The summed E-state index contributed by atoms with van der Waals surface area (Å²) in [6.07, 6.45) is 0. The molecule has 6 nitrogen and oxygen atoms in total. The molecular weight excluding hydrogens is 245 g/mol. The molecule has 0 bridgehead atoms. The van der Waals surface area contributed by atoms with E-state index in [0.29, 0.717) is 11.1 Å². The van der Waals surface area contributed by atoms with Crippen LogP contribution in [0.15, 0.2) is 17.0 Å². The summed E-state index contributed by atoms with van der Waals surface area (Å²) in [6, 6.07) is 1.91. The molecule has 0 unspecified atom stereocenters. The van der Waals surface area contributed by atoms with Crippen LogP contribution in [-0.4, -0.2) is 17.9 Å². The van der Waals surface area contributed by atoms with Crippen molar-refractivity contribution in [2.45, 2.75) is 18.7 Å². The van der Waals surface area contributed by atoms with Crippen molar-refractivity contribution < 1.29 is 47.5 Å².